The zero-order valence-corrected chi connectivity index (χ0v) is 29.9. The molecule has 8 heterocycles. The third-order valence-electron chi connectivity index (χ3n) is 13.0. The van der Waals surface area contributed by atoms with Gasteiger partial charge in [0.15, 0.2) is 0 Å². The molecule has 7 heteroatoms. The molecule has 3 N–H and O–H groups in total. The van der Waals surface area contributed by atoms with Crippen LogP contribution in [-0.4, -0.2) is 126 Å². The van der Waals surface area contributed by atoms with E-state index in [1.54, 1.807) is 0 Å². The second-order valence-electron chi connectivity index (χ2n) is 17.0. The average Bonchev–Trinajstić information content (AvgIpc) is 3.80. The Bertz CT molecular complexity index is 771. The topological polar surface area (TPSA) is 73.6 Å². The van der Waals surface area contributed by atoms with Gasteiger partial charge >= 0.3 is 0 Å². The van der Waals surface area contributed by atoms with E-state index < -0.39 is 0 Å². The maximum atomic E-state index is 9.60. The van der Waals surface area contributed by atoms with Gasteiger partial charge in [0.1, 0.15) is 0 Å². The zero-order valence-electron chi connectivity index (χ0n) is 29.9. The smallest absolute Gasteiger partial charge is 0.0710 e. The van der Waals surface area contributed by atoms with Crippen LogP contribution in [0.25, 0.3) is 0 Å². The van der Waals surface area contributed by atoms with Crippen LogP contribution in [0.3, 0.4) is 0 Å². The molecule has 8 bridgehead atoms. The van der Waals surface area contributed by atoms with Gasteiger partial charge < -0.3 is 15.3 Å². The lowest BCUT2D eigenvalue weighted by Gasteiger charge is -2.26. The lowest BCUT2D eigenvalue weighted by molar-refractivity contribution is 0.109. The normalized spacial score (nSPS) is 44.2. The van der Waals surface area contributed by atoms with Gasteiger partial charge in [-0.25, -0.2) is 0 Å². The van der Waals surface area contributed by atoms with Gasteiger partial charge in [0.2, 0.25) is 0 Å². The molecule has 0 aromatic carbocycles. The van der Waals surface area contributed by atoms with Crippen molar-refractivity contribution in [2.24, 2.45) is 5.92 Å². The molecular formula is C37H70N4O3. The minimum atomic E-state index is -0.0313. The summed E-state index contributed by atoms with van der Waals surface area (Å²) in [7, 11) is 0. The molecule has 12 unspecified atom stereocenters. The van der Waals surface area contributed by atoms with Crippen LogP contribution in [0.4, 0.5) is 0 Å². The highest BCUT2D eigenvalue weighted by Gasteiger charge is 2.48. The van der Waals surface area contributed by atoms with Gasteiger partial charge in [0.25, 0.3) is 0 Å². The van der Waals surface area contributed by atoms with Crippen LogP contribution in [0, 0.1) is 5.92 Å². The highest BCUT2D eigenvalue weighted by atomic mass is 16.3. The van der Waals surface area contributed by atoms with Gasteiger partial charge in [-0.2, -0.15) is 0 Å². The second-order valence-corrected chi connectivity index (χ2v) is 17.0. The number of aliphatic hydroxyl groups is 3. The minimum absolute atomic E-state index is 0.0313. The molecule has 8 saturated heterocycles. The summed E-state index contributed by atoms with van der Waals surface area (Å²) in [5, 5.41) is 28.8. The van der Waals surface area contributed by atoms with E-state index >= 15 is 0 Å². The fourth-order valence-corrected chi connectivity index (χ4v) is 11.6. The van der Waals surface area contributed by atoms with Crippen LogP contribution in [0.5, 0.6) is 0 Å². The molecule has 8 rings (SSSR count). The summed E-state index contributed by atoms with van der Waals surface area (Å²) < 4.78 is 0. The molecule has 8 aliphatic rings. The third kappa shape index (κ3) is 6.96. The Balaban J connectivity index is 0.000000116. The van der Waals surface area contributed by atoms with E-state index in [2.05, 4.69) is 81.9 Å². The molecule has 0 aliphatic carbocycles. The Hall–Kier alpha value is -0.280. The number of rotatable bonds is 4. The van der Waals surface area contributed by atoms with E-state index in [1.807, 2.05) is 0 Å². The van der Waals surface area contributed by atoms with E-state index in [4.69, 9.17) is 0 Å². The Morgan fingerprint density at radius 1 is 0.386 bits per heavy atom. The highest BCUT2D eigenvalue weighted by Crippen LogP contribution is 2.43. The summed E-state index contributed by atoms with van der Waals surface area (Å²) >= 11 is 0. The molecule has 8 fully saturated rings. The lowest BCUT2D eigenvalue weighted by Crippen LogP contribution is -2.37. The minimum Gasteiger partial charge on any atom is -0.391 e. The fraction of sp³-hybridized carbons (Fsp3) is 1.00. The van der Waals surface area contributed by atoms with Crippen molar-refractivity contribution in [1.29, 1.82) is 0 Å². The molecule has 256 valence electrons. The van der Waals surface area contributed by atoms with Crippen molar-refractivity contribution in [3.63, 3.8) is 0 Å². The number of nitrogens with zero attached hydrogens (tertiary/aromatic N) is 4. The first-order valence-corrected chi connectivity index (χ1v) is 18.9. The second kappa shape index (κ2) is 14.5. The van der Waals surface area contributed by atoms with Gasteiger partial charge in [-0.3, -0.25) is 19.6 Å². The van der Waals surface area contributed by atoms with E-state index in [1.165, 1.54) is 57.8 Å². The van der Waals surface area contributed by atoms with Gasteiger partial charge in [-0.15, -0.1) is 0 Å². The zero-order chi connectivity index (χ0) is 32.0. The van der Waals surface area contributed by atoms with E-state index in [0.717, 1.165) is 43.3 Å². The molecule has 7 nitrogen and oxygen atoms in total. The molecule has 44 heavy (non-hydrogen) atoms. The number of hydrogen-bond acceptors (Lipinski definition) is 7. The monoisotopic (exact) mass is 619 g/mol. The predicted octanol–water partition coefficient (Wildman–Crippen LogP) is 5.24. The van der Waals surface area contributed by atoms with Crippen LogP contribution in [0.15, 0.2) is 0 Å². The maximum Gasteiger partial charge on any atom is 0.0710 e. The van der Waals surface area contributed by atoms with Gasteiger partial charge in [0.05, 0.1) is 18.3 Å². The number of aliphatic hydroxyl groups excluding tert-OH is 3. The molecule has 12 atom stereocenters. The van der Waals surface area contributed by atoms with Crippen molar-refractivity contribution >= 4 is 0 Å². The van der Waals surface area contributed by atoms with Gasteiger partial charge in [-0.05, 0) is 138 Å². The molecule has 8 aliphatic heterocycles. The molecular weight excluding hydrogens is 548 g/mol. The van der Waals surface area contributed by atoms with Gasteiger partial charge in [0, 0.05) is 72.5 Å². The van der Waals surface area contributed by atoms with Crippen molar-refractivity contribution < 1.29 is 15.3 Å². The molecule has 0 aromatic rings. The van der Waals surface area contributed by atoms with Crippen LogP contribution < -0.4 is 0 Å². The van der Waals surface area contributed by atoms with Crippen LogP contribution in [-0.2, 0) is 0 Å². The number of hydrogen-bond donors (Lipinski definition) is 3. The first kappa shape index (κ1) is 35.0. The van der Waals surface area contributed by atoms with Crippen LogP contribution >= 0.6 is 0 Å². The largest absolute Gasteiger partial charge is 0.391 e. The lowest BCUT2D eigenvalue weighted by atomic mass is 9.91. The van der Waals surface area contributed by atoms with E-state index in [-0.39, 0.29) is 18.3 Å². The average molecular weight is 619 g/mol. The summed E-state index contributed by atoms with van der Waals surface area (Å²) in [6, 6.07) is 8.02. The van der Waals surface area contributed by atoms with Crippen molar-refractivity contribution in [2.75, 3.05) is 0 Å². The van der Waals surface area contributed by atoms with Crippen LogP contribution in [0.1, 0.15) is 139 Å². The molecule has 0 aromatic heterocycles. The highest BCUT2D eigenvalue weighted by molar-refractivity contribution is 5.03. The first-order valence-electron chi connectivity index (χ1n) is 18.9. The quantitative estimate of drug-likeness (QED) is 0.398. The number of fused-ring (bicyclic) bond motifs is 8. The van der Waals surface area contributed by atoms with Crippen molar-refractivity contribution in [3.05, 3.63) is 0 Å². The molecule has 0 saturated carbocycles. The van der Waals surface area contributed by atoms with E-state index in [9.17, 15) is 15.3 Å². The van der Waals surface area contributed by atoms with Crippen molar-refractivity contribution in [1.82, 2.24) is 19.6 Å². The Morgan fingerprint density at radius 2 is 0.636 bits per heavy atom. The predicted molar refractivity (Wildman–Crippen MR) is 181 cm³/mol. The van der Waals surface area contributed by atoms with Crippen LogP contribution in [0.2, 0.25) is 0 Å². The van der Waals surface area contributed by atoms with Gasteiger partial charge in [-0.1, -0.05) is 6.92 Å². The Labute approximate surface area is 270 Å². The molecule has 0 radical (unpaired) electrons. The third-order valence-corrected chi connectivity index (χ3v) is 13.0. The standard InChI is InChI=1S/C10H19N.3C9H17NO/c1-7(2)11-9-4-5-10(11)8(3)6-9;3*1-6(2)10-7-3-4-8(10)9(11)5-7/h7-10H,4-6H2,1-3H3;3*6-9,11H,3-5H2,1-2H3. The SMILES string of the molecule is CC(C)N1C2CCC1C(O)C2.CC(C)N1C2CCC1C(O)C2.CC(C)N1C2CCC1C(O)C2.CC1CC2CCC1N2C(C)C. The van der Waals surface area contributed by atoms with Crippen molar-refractivity contribution in [2.45, 2.75) is 230 Å². The summed E-state index contributed by atoms with van der Waals surface area (Å²) in [6.07, 6.45) is 14.9. The summed E-state index contributed by atoms with van der Waals surface area (Å²) in [5.41, 5.74) is 0. The molecule has 0 amide bonds. The Morgan fingerprint density at radius 3 is 0.750 bits per heavy atom. The summed E-state index contributed by atoms with van der Waals surface area (Å²) in [6.45, 7) is 20.4. The fourth-order valence-electron chi connectivity index (χ4n) is 11.6. The molecule has 0 spiro atoms. The maximum absolute atomic E-state index is 9.60. The Kier molecular flexibility index (Phi) is 11.5. The first-order chi connectivity index (χ1) is 20.8. The summed E-state index contributed by atoms with van der Waals surface area (Å²) in [5.74, 6) is 0.969. The van der Waals surface area contributed by atoms with E-state index in [0.29, 0.717) is 54.4 Å². The van der Waals surface area contributed by atoms with Crippen molar-refractivity contribution in [3.8, 4) is 0 Å². The summed E-state index contributed by atoms with van der Waals surface area (Å²) in [4.78, 5) is 10.2.